The maximum absolute atomic E-state index is 11.4. The summed E-state index contributed by atoms with van der Waals surface area (Å²) < 4.78 is 0. The van der Waals surface area contributed by atoms with E-state index in [1.165, 1.54) is 11.8 Å². The van der Waals surface area contributed by atoms with Gasteiger partial charge < -0.3 is 0 Å². The highest BCUT2D eigenvalue weighted by atomic mass is 35.5. The van der Waals surface area contributed by atoms with Crippen LogP contribution in [0.25, 0.3) is 0 Å². The smallest absolute Gasteiger partial charge is 0.143 e. The predicted octanol–water partition coefficient (Wildman–Crippen LogP) is 3.97. The van der Waals surface area contributed by atoms with Crippen molar-refractivity contribution in [1.29, 1.82) is 0 Å². The molecule has 0 amide bonds. The number of benzene rings is 1. The fourth-order valence-corrected chi connectivity index (χ4v) is 2.17. The minimum Gasteiger partial charge on any atom is -0.299 e. The molecule has 0 radical (unpaired) electrons. The first kappa shape index (κ1) is 12.3. The fourth-order valence-electron chi connectivity index (χ4n) is 1.06. The average Bonchev–Trinajstić information content (AvgIpc) is 2.23. The number of carbonyl (C=O) groups excluding carboxylic acids is 1. The molecule has 0 fully saturated rings. The normalized spacial score (nSPS) is 9.93. The Bertz CT molecular complexity index is 349. The Hall–Kier alpha value is -0.730. The molecule has 0 aliphatic carbocycles. The van der Waals surface area contributed by atoms with Gasteiger partial charge in [-0.15, -0.1) is 18.3 Å². The van der Waals surface area contributed by atoms with E-state index in [0.717, 1.165) is 11.3 Å². The second-order valence-electron chi connectivity index (χ2n) is 3.11. The van der Waals surface area contributed by atoms with Crippen LogP contribution in [0.3, 0.4) is 0 Å². The molecule has 0 spiro atoms. The van der Waals surface area contributed by atoms with Gasteiger partial charge in [-0.25, -0.2) is 0 Å². The number of hydrogen-bond acceptors (Lipinski definition) is 2. The molecule has 1 rings (SSSR count). The Morgan fingerprint density at radius 3 is 3.00 bits per heavy atom. The van der Waals surface area contributed by atoms with Gasteiger partial charge in [0.05, 0.1) is 5.75 Å². The molecule has 0 saturated heterocycles. The zero-order valence-corrected chi connectivity index (χ0v) is 9.98. The zero-order chi connectivity index (χ0) is 11.1. The summed E-state index contributed by atoms with van der Waals surface area (Å²) in [6.07, 6.45) is 3.11. The van der Waals surface area contributed by atoms with Gasteiger partial charge in [-0.05, 0) is 24.6 Å². The molecule has 0 atom stereocenters. The van der Waals surface area contributed by atoms with Crippen LogP contribution in [0.1, 0.15) is 12.8 Å². The standard InChI is InChI=1S/C12H13ClOS/c1-2-3-6-11(14)9-15-12-7-4-5-10(13)8-12/h2,4-5,7-8H,1,3,6,9H2. The Morgan fingerprint density at radius 2 is 2.33 bits per heavy atom. The van der Waals surface area contributed by atoms with Gasteiger partial charge >= 0.3 is 0 Å². The molecule has 0 saturated carbocycles. The quantitative estimate of drug-likeness (QED) is 0.553. The summed E-state index contributed by atoms with van der Waals surface area (Å²) in [7, 11) is 0. The number of rotatable bonds is 6. The van der Waals surface area contributed by atoms with Gasteiger partial charge in [-0.3, -0.25) is 4.79 Å². The summed E-state index contributed by atoms with van der Waals surface area (Å²) in [4.78, 5) is 12.4. The highest BCUT2D eigenvalue weighted by Crippen LogP contribution is 2.21. The molecular formula is C12H13ClOS. The molecule has 0 N–H and O–H groups in total. The number of allylic oxidation sites excluding steroid dienone is 1. The number of ketones is 1. The van der Waals surface area contributed by atoms with Gasteiger partial charge in [-0.2, -0.15) is 0 Å². The highest BCUT2D eigenvalue weighted by Gasteiger charge is 2.02. The number of hydrogen-bond donors (Lipinski definition) is 0. The summed E-state index contributed by atoms with van der Waals surface area (Å²) in [6, 6.07) is 7.54. The van der Waals surface area contributed by atoms with E-state index in [0.29, 0.717) is 17.2 Å². The van der Waals surface area contributed by atoms with Crippen molar-refractivity contribution in [3.63, 3.8) is 0 Å². The van der Waals surface area contributed by atoms with E-state index in [1.807, 2.05) is 24.3 Å². The van der Waals surface area contributed by atoms with Crippen LogP contribution >= 0.6 is 23.4 Å². The first-order valence-corrected chi connectivity index (χ1v) is 6.09. The van der Waals surface area contributed by atoms with E-state index >= 15 is 0 Å². The molecule has 15 heavy (non-hydrogen) atoms. The molecule has 0 aromatic heterocycles. The van der Waals surface area contributed by atoms with Crippen LogP contribution in [0.5, 0.6) is 0 Å². The first-order chi connectivity index (χ1) is 7.22. The average molecular weight is 241 g/mol. The molecule has 0 aliphatic heterocycles. The third kappa shape index (κ3) is 5.05. The van der Waals surface area contributed by atoms with Crippen LogP contribution in [0.15, 0.2) is 41.8 Å². The van der Waals surface area contributed by atoms with Crippen LogP contribution < -0.4 is 0 Å². The van der Waals surface area contributed by atoms with Crippen LogP contribution in [0.2, 0.25) is 5.02 Å². The fraction of sp³-hybridized carbons (Fsp3) is 0.250. The summed E-state index contributed by atoms with van der Waals surface area (Å²) in [5.74, 6) is 0.758. The molecule has 0 bridgehead atoms. The van der Waals surface area contributed by atoms with E-state index in [1.54, 1.807) is 6.08 Å². The van der Waals surface area contributed by atoms with Crippen molar-refractivity contribution < 1.29 is 4.79 Å². The summed E-state index contributed by atoms with van der Waals surface area (Å²) in [6.45, 7) is 3.59. The second-order valence-corrected chi connectivity index (χ2v) is 4.60. The van der Waals surface area contributed by atoms with Crippen molar-refractivity contribution in [2.75, 3.05) is 5.75 Å². The monoisotopic (exact) mass is 240 g/mol. The Labute approximate surface area is 99.5 Å². The van der Waals surface area contributed by atoms with E-state index in [4.69, 9.17) is 11.6 Å². The van der Waals surface area contributed by atoms with Gasteiger partial charge in [0.25, 0.3) is 0 Å². The van der Waals surface area contributed by atoms with Crippen LogP contribution in [-0.4, -0.2) is 11.5 Å². The zero-order valence-electron chi connectivity index (χ0n) is 8.41. The molecule has 80 valence electrons. The van der Waals surface area contributed by atoms with Crippen molar-refractivity contribution in [3.05, 3.63) is 41.9 Å². The summed E-state index contributed by atoms with van der Waals surface area (Å²) >= 11 is 7.36. The predicted molar refractivity (Wildman–Crippen MR) is 66.6 cm³/mol. The Morgan fingerprint density at radius 1 is 1.53 bits per heavy atom. The molecule has 1 nitrogen and oxygen atoms in total. The second kappa shape index (κ2) is 6.70. The lowest BCUT2D eigenvalue weighted by Crippen LogP contribution is -1.99. The van der Waals surface area contributed by atoms with Crippen molar-refractivity contribution >= 4 is 29.1 Å². The maximum Gasteiger partial charge on any atom is 0.143 e. The first-order valence-electron chi connectivity index (χ1n) is 4.73. The van der Waals surface area contributed by atoms with Gasteiger partial charge in [0.15, 0.2) is 0 Å². The van der Waals surface area contributed by atoms with Gasteiger partial charge in [-0.1, -0.05) is 23.7 Å². The molecule has 1 aromatic carbocycles. The third-order valence-corrected chi connectivity index (χ3v) is 3.11. The number of Topliss-reactive ketones (excluding diaryl/α,β-unsaturated/α-hetero) is 1. The molecule has 0 aliphatic rings. The highest BCUT2D eigenvalue weighted by molar-refractivity contribution is 8.00. The molecule has 3 heteroatoms. The minimum absolute atomic E-state index is 0.250. The maximum atomic E-state index is 11.4. The summed E-state index contributed by atoms with van der Waals surface area (Å²) in [5, 5.41) is 0.707. The summed E-state index contributed by atoms with van der Waals surface area (Å²) in [5.41, 5.74) is 0. The molecule has 0 heterocycles. The largest absolute Gasteiger partial charge is 0.299 e. The molecule has 1 aromatic rings. The van der Waals surface area contributed by atoms with E-state index in [-0.39, 0.29) is 5.78 Å². The Balaban J connectivity index is 2.36. The lowest BCUT2D eigenvalue weighted by Gasteiger charge is -2.00. The lowest BCUT2D eigenvalue weighted by molar-refractivity contribution is -0.116. The topological polar surface area (TPSA) is 17.1 Å². The number of halogens is 1. The van der Waals surface area contributed by atoms with Crippen LogP contribution in [0.4, 0.5) is 0 Å². The van der Waals surface area contributed by atoms with Crippen LogP contribution in [0, 0.1) is 0 Å². The van der Waals surface area contributed by atoms with E-state index < -0.39 is 0 Å². The Kier molecular flexibility index (Phi) is 5.51. The SMILES string of the molecule is C=CCCC(=O)CSc1cccc(Cl)c1. The van der Waals surface area contributed by atoms with Crippen molar-refractivity contribution in [1.82, 2.24) is 0 Å². The van der Waals surface area contributed by atoms with Crippen molar-refractivity contribution in [2.24, 2.45) is 0 Å². The number of thioether (sulfide) groups is 1. The lowest BCUT2D eigenvalue weighted by atomic mass is 10.2. The molecular weight excluding hydrogens is 228 g/mol. The van der Waals surface area contributed by atoms with Gasteiger partial charge in [0, 0.05) is 16.3 Å². The third-order valence-electron chi connectivity index (χ3n) is 1.82. The number of carbonyl (C=O) groups is 1. The van der Waals surface area contributed by atoms with Crippen molar-refractivity contribution in [3.8, 4) is 0 Å². The van der Waals surface area contributed by atoms with Gasteiger partial charge in [0.2, 0.25) is 0 Å². The van der Waals surface area contributed by atoms with Crippen LogP contribution in [-0.2, 0) is 4.79 Å². The van der Waals surface area contributed by atoms with E-state index in [2.05, 4.69) is 6.58 Å². The van der Waals surface area contributed by atoms with E-state index in [9.17, 15) is 4.79 Å². The molecule has 0 unspecified atom stereocenters. The van der Waals surface area contributed by atoms with Crippen molar-refractivity contribution in [2.45, 2.75) is 17.7 Å². The minimum atomic E-state index is 0.250. The van der Waals surface area contributed by atoms with Gasteiger partial charge in [0.1, 0.15) is 5.78 Å².